The molecule has 0 aliphatic carbocycles. The number of anilines is 4. The van der Waals surface area contributed by atoms with Gasteiger partial charge in [-0.1, -0.05) is 75.8 Å². The van der Waals surface area contributed by atoms with Crippen LogP contribution in [0, 0.1) is 30.1 Å². The van der Waals surface area contributed by atoms with Crippen LogP contribution in [0.25, 0.3) is 21.8 Å². The van der Waals surface area contributed by atoms with E-state index >= 15 is 0 Å². The number of aromatic nitrogens is 7. The number of amides is 5. The fourth-order valence-corrected chi connectivity index (χ4v) is 10.2. The van der Waals surface area contributed by atoms with Crippen molar-refractivity contribution in [1.82, 2.24) is 60.7 Å². The summed E-state index contributed by atoms with van der Waals surface area (Å²) in [6, 6.07) is 16.5. The van der Waals surface area contributed by atoms with Crippen molar-refractivity contribution < 1.29 is 33.8 Å². The van der Waals surface area contributed by atoms with Gasteiger partial charge in [-0.2, -0.15) is 5.10 Å². The van der Waals surface area contributed by atoms with Crippen LogP contribution in [0.4, 0.5) is 23.0 Å². The summed E-state index contributed by atoms with van der Waals surface area (Å²) in [5.41, 5.74) is 6.40. The summed E-state index contributed by atoms with van der Waals surface area (Å²) in [6.07, 6.45) is 5.87. The minimum atomic E-state index is -0.913. The van der Waals surface area contributed by atoms with Gasteiger partial charge in [-0.25, -0.2) is 15.0 Å². The number of unbranched alkanes of at least 4 members (excludes halogenated alkanes) is 3. The summed E-state index contributed by atoms with van der Waals surface area (Å²) in [5, 5.41) is 38.5. The highest BCUT2D eigenvalue weighted by Crippen LogP contribution is 2.38. The van der Waals surface area contributed by atoms with Gasteiger partial charge in [-0.15, -0.1) is 21.5 Å². The number of aryl methyl sites for hydroxylation is 2. The molecule has 6 aromatic rings. The van der Waals surface area contributed by atoms with Gasteiger partial charge in [0.05, 0.1) is 58.2 Å². The van der Waals surface area contributed by atoms with Gasteiger partial charge in [0.15, 0.2) is 23.1 Å². The van der Waals surface area contributed by atoms with E-state index in [1.807, 2.05) is 87.5 Å². The number of nitrogens with zero attached hydrogens (tertiary/aromatic N) is 9. The first-order chi connectivity index (χ1) is 37.9. The van der Waals surface area contributed by atoms with Crippen LogP contribution >= 0.6 is 11.3 Å². The molecule has 6 heterocycles. The Bertz CT molecular complexity index is 3210. The quantitative estimate of drug-likeness (QED) is 0.0353. The van der Waals surface area contributed by atoms with Gasteiger partial charge >= 0.3 is 0 Å². The fraction of sp³-hybridized carbons (Fsp3) is 0.421. The smallest absolute Gasteiger partial charge is 0.273 e. The Morgan fingerprint density at radius 3 is 2.30 bits per heavy atom. The molecule has 6 N–H and O–H groups in total. The molecule has 22 heteroatoms. The number of benzene rings is 2. The molecule has 2 fully saturated rings. The lowest BCUT2D eigenvalue weighted by Crippen LogP contribution is -2.57. The largest absolute Gasteiger partial charge is 0.494 e. The average molecular weight is 1090 g/mol. The summed E-state index contributed by atoms with van der Waals surface area (Å²) in [5.74, 6) is 6.82. The fourth-order valence-electron chi connectivity index (χ4n) is 9.43. The number of hydrogen-bond acceptors (Lipinski definition) is 16. The van der Waals surface area contributed by atoms with E-state index in [1.54, 1.807) is 60.9 Å². The Balaban J connectivity index is 0.745. The van der Waals surface area contributed by atoms with Crippen LogP contribution in [-0.2, 0) is 26.2 Å². The predicted octanol–water partition coefficient (Wildman–Crippen LogP) is 6.48. The highest BCUT2D eigenvalue weighted by Gasteiger charge is 2.45. The lowest BCUT2D eigenvalue weighted by atomic mass is 9.85. The number of hydrogen-bond donors (Lipinski definition) is 6. The predicted molar refractivity (Wildman–Crippen MR) is 300 cm³/mol. The normalized spacial score (nSPS) is 16.0. The highest BCUT2D eigenvalue weighted by atomic mass is 32.1. The summed E-state index contributed by atoms with van der Waals surface area (Å²) < 4.78 is 7.35. The molecule has 414 valence electrons. The summed E-state index contributed by atoms with van der Waals surface area (Å²) in [7, 11) is 4.83. The Morgan fingerprint density at radius 1 is 0.886 bits per heavy atom. The molecule has 4 atom stereocenters. The van der Waals surface area contributed by atoms with Gasteiger partial charge in [0.1, 0.15) is 24.2 Å². The zero-order valence-electron chi connectivity index (χ0n) is 45.8. The molecule has 0 radical (unpaired) electrons. The third-order valence-electron chi connectivity index (χ3n) is 13.8. The highest BCUT2D eigenvalue weighted by molar-refractivity contribution is 7.13. The van der Waals surface area contributed by atoms with Crippen molar-refractivity contribution in [3.05, 3.63) is 101 Å². The topological polar surface area (TPSA) is 264 Å². The van der Waals surface area contributed by atoms with Crippen LogP contribution in [0.2, 0.25) is 0 Å². The zero-order chi connectivity index (χ0) is 56.4. The first-order valence-corrected chi connectivity index (χ1v) is 27.3. The number of nitrogens with one attached hydrogen (secondary N) is 5. The van der Waals surface area contributed by atoms with Crippen LogP contribution in [0.1, 0.15) is 106 Å². The van der Waals surface area contributed by atoms with E-state index in [0.29, 0.717) is 78.1 Å². The monoisotopic (exact) mass is 1090 g/mol. The molecule has 2 aromatic carbocycles. The van der Waals surface area contributed by atoms with Crippen molar-refractivity contribution in [2.75, 3.05) is 44.4 Å². The van der Waals surface area contributed by atoms with Crippen molar-refractivity contribution >= 4 is 63.9 Å². The Hall–Kier alpha value is -8.29. The average Bonchev–Trinajstić information content (AvgIpc) is 4.28. The molecule has 0 saturated carbocycles. The molecular formula is C57H68N14O7S. The number of carbonyl (C=O) groups is 5. The molecule has 2 aliphatic heterocycles. The van der Waals surface area contributed by atoms with Crippen LogP contribution in [-0.4, -0.2) is 131 Å². The van der Waals surface area contributed by atoms with Crippen LogP contribution in [0.3, 0.4) is 0 Å². The van der Waals surface area contributed by atoms with E-state index in [4.69, 9.17) is 4.74 Å². The second-order valence-corrected chi connectivity index (χ2v) is 21.8. The van der Waals surface area contributed by atoms with Crippen molar-refractivity contribution in [3.63, 3.8) is 0 Å². The molecule has 8 rings (SSSR count). The van der Waals surface area contributed by atoms with E-state index in [1.165, 1.54) is 11.9 Å². The second kappa shape index (κ2) is 25.5. The lowest BCUT2D eigenvalue weighted by molar-refractivity contribution is -0.144. The van der Waals surface area contributed by atoms with E-state index in [2.05, 4.69) is 68.7 Å². The minimum absolute atomic E-state index is 0.00662. The molecule has 5 amide bonds. The van der Waals surface area contributed by atoms with E-state index in [9.17, 15) is 29.1 Å². The van der Waals surface area contributed by atoms with E-state index < -0.39 is 35.4 Å². The van der Waals surface area contributed by atoms with E-state index in [-0.39, 0.29) is 54.8 Å². The molecule has 2 saturated heterocycles. The molecule has 0 bridgehead atoms. The summed E-state index contributed by atoms with van der Waals surface area (Å²) in [6.45, 7) is 10.5. The maximum absolute atomic E-state index is 14.1. The molecule has 0 spiro atoms. The number of aliphatic hydroxyl groups is 1. The number of para-hydroxylation sites is 1. The van der Waals surface area contributed by atoms with Gasteiger partial charge in [0, 0.05) is 70.8 Å². The Morgan fingerprint density at radius 2 is 1.65 bits per heavy atom. The van der Waals surface area contributed by atoms with Crippen LogP contribution in [0.5, 0.6) is 5.75 Å². The van der Waals surface area contributed by atoms with Gasteiger partial charge in [0.2, 0.25) is 23.6 Å². The van der Waals surface area contributed by atoms with Crippen LogP contribution < -0.4 is 31.3 Å². The van der Waals surface area contributed by atoms with Crippen LogP contribution in [0.15, 0.2) is 78.7 Å². The van der Waals surface area contributed by atoms with Gasteiger partial charge in [-0.05, 0) is 67.5 Å². The lowest BCUT2D eigenvalue weighted by Gasteiger charge is -2.36. The maximum Gasteiger partial charge on any atom is 0.273 e. The molecule has 4 aromatic heterocycles. The molecular weight excluding hydrogens is 1020 g/mol. The number of pyridine rings is 1. The minimum Gasteiger partial charge on any atom is -0.494 e. The third kappa shape index (κ3) is 14.3. The SMILES string of the molecule is CNC(=O)c1nnc(Nc2ccc(C#CC3CN(C(=O)CCCCCCC(=O)N[C@H](C(=O)N4C[C@H](O)C[C@H]4C(=O)N[C@@H](C)c4ccc(-c5scnc5C)cc4)C(C)(C)C)C3)cn2)cc1Nc1cccc(-c2ncn(C)n2)c1OC. The third-order valence-corrected chi connectivity index (χ3v) is 14.8. The van der Waals surface area contributed by atoms with Gasteiger partial charge in [0.25, 0.3) is 5.91 Å². The number of thiazole rings is 1. The number of likely N-dealkylation sites (tertiary alicyclic amines) is 2. The molecule has 0 unspecified atom stereocenters. The Kier molecular flexibility index (Phi) is 18.3. The maximum atomic E-state index is 14.1. The molecule has 79 heavy (non-hydrogen) atoms. The number of β-amino-alcohol motifs (C(OH)–C–C–N with tert-alkyl or cyclic N) is 1. The van der Waals surface area contributed by atoms with Gasteiger partial charge < -0.3 is 46.2 Å². The second-order valence-electron chi connectivity index (χ2n) is 20.9. The van der Waals surface area contributed by atoms with Crippen molar-refractivity contribution in [2.24, 2.45) is 18.4 Å². The number of rotatable bonds is 20. The first kappa shape index (κ1) is 56.9. The molecule has 21 nitrogen and oxygen atoms in total. The summed E-state index contributed by atoms with van der Waals surface area (Å²) in [4.78, 5) is 84.4. The first-order valence-electron chi connectivity index (χ1n) is 26.4. The molecule has 2 aliphatic rings. The number of aliphatic hydroxyl groups excluding tert-OH is 1. The standard InChI is InChI=1S/C57H68N14O7S/c1-34(38-21-23-39(24-22-38)51-35(2)61-33-79-51)62-54(75)44-26-40(72)31-71(44)56(77)52(57(3,4)5)65-47(73)16-11-9-10-12-17-48(74)70-29-37(30-70)19-18-36-20-25-45(59-28-36)64-46-27-43(49(67-66-46)55(76)58-6)63-42-15-13-14-41(50(42)78-8)53-60-32-69(7)68-53/h13-15,20-25,27-28,32-34,37,40,44,52,72H,9-12,16-17,26,29-31H2,1-8H3,(H,58,76)(H,62,75)(H,65,73)(H2,59,63,64,66)/t34-,40+,44-,52+/m0/s1. The zero-order valence-corrected chi connectivity index (χ0v) is 46.6. The number of methoxy groups -OCH3 is 1. The summed E-state index contributed by atoms with van der Waals surface area (Å²) >= 11 is 1.57. The number of carbonyl (C=O) groups excluding carboxylic acids is 5. The van der Waals surface area contributed by atoms with Crippen molar-refractivity contribution in [3.8, 4) is 39.4 Å². The van der Waals surface area contributed by atoms with E-state index in [0.717, 1.165) is 34.5 Å². The number of ether oxygens (including phenoxy) is 1. The van der Waals surface area contributed by atoms with Crippen molar-refractivity contribution in [2.45, 2.75) is 104 Å². The Labute approximate surface area is 463 Å². The van der Waals surface area contributed by atoms with Gasteiger partial charge in [-0.3, -0.25) is 28.7 Å². The van der Waals surface area contributed by atoms with Crippen molar-refractivity contribution in [1.29, 1.82) is 0 Å².